The number of rotatable bonds is 8. The largest absolute Gasteiger partial charge is 0.325 e. The summed E-state index contributed by atoms with van der Waals surface area (Å²) in [4.78, 5) is 27.6. The van der Waals surface area contributed by atoms with Crippen LogP contribution in [0.15, 0.2) is 24.3 Å². The molecule has 0 aromatic heterocycles. The molecule has 1 aliphatic rings. The van der Waals surface area contributed by atoms with Crippen molar-refractivity contribution in [2.45, 2.75) is 37.8 Å². The Labute approximate surface area is 147 Å². The smallest absolute Gasteiger partial charge is 0.275 e. The van der Waals surface area contributed by atoms with Crippen LogP contribution in [-0.2, 0) is 4.79 Å². The highest BCUT2D eigenvalue weighted by molar-refractivity contribution is 8.01. The molecule has 6 nitrogen and oxygen atoms in total. The van der Waals surface area contributed by atoms with E-state index >= 15 is 0 Å². The van der Waals surface area contributed by atoms with Crippen molar-refractivity contribution in [1.82, 2.24) is 9.80 Å². The molecule has 1 aromatic rings. The first-order valence-corrected chi connectivity index (χ1v) is 9.35. The molecule has 0 radical (unpaired) electrons. The molecule has 132 valence electrons. The fraction of sp³-hybridized carbons (Fsp3) is 0.588. The van der Waals surface area contributed by atoms with Gasteiger partial charge >= 0.3 is 0 Å². The molecule has 7 heteroatoms. The zero-order valence-electron chi connectivity index (χ0n) is 14.5. The number of carbonyl (C=O) groups excluding carboxylic acids is 1. The summed E-state index contributed by atoms with van der Waals surface area (Å²) in [5.74, 6) is 0.0719. The summed E-state index contributed by atoms with van der Waals surface area (Å²) in [5.41, 5.74) is 0.707. The van der Waals surface area contributed by atoms with Crippen molar-refractivity contribution >= 4 is 23.4 Å². The lowest BCUT2D eigenvalue weighted by Gasteiger charge is -2.25. The number of hydrogen-bond donors (Lipinski definition) is 0. The fourth-order valence-corrected chi connectivity index (χ4v) is 4.35. The van der Waals surface area contributed by atoms with Crippen LogP contribution in [0.5, 0.6) is 0 Å². The van der Waals surface area contributed by atoms with Crippen molar-refractivity contribution < 1.29 is 9.72 Å². The molecule has 0 aliphatic carbocycles. The summed E-state index contributed by atoms with van der Waals surface area (Å²) in [7, 11) is 0. The average molecular weight is 351 g/mol. The zero-order chi connectivity index (χ0) is 17.7. The summed E-state index contributed by atoms with van der Waals surface area (Å²) in [6.07, 6.45) is 0.873. The summed E-state index contributed by atoms with van der Waals surface area (Å²) < 4.78 is 0. The van der Waals surface area contributed by atoms with Gasteiger partial charge in [0.15, 0.2) is 0 Å². The van der Waals surface area contributed by atoms with Crippen molar-refractivity contribution in [3.63, 3.8) is 0 Å². The predicted octanol–water partition coefficient (Wildman–Crippen LogP) is 3.29. The first-order valence-electron chi connectivity index (χ1n) is 8.41. The van der Waals surface area contributed by atoms with Gasteiger partial charge in [0, 0.05) is 12.6 Å². The molecule has 0 spiro atoms. The Morgan fingerprint density at radius 3 is 2.58 bits per heavy atom. The Kier molecular flexibility index (Phi) is 6.62. The van der Waals surface area contributed by atoms with E-state index in [1.54, 1.807) is 23.1 Å². The van der Waals surface area contributed by atoms with Gasteiger partial charge in [-0.3, -0.25) is 14.9 Å². The molecule has 1 aliphatic heterocycles. The Balaban J connectivity index is 2.16. The summed E-state index contributed by atoms with van der Waals surface area (Å²) in [6, 6.07) is 6.73. The van der Waals surface area contributed by atoms with E-state index in [0.717, 1.165) is 26.1 Å². The van der Waals surface area contributed by atoms with Crippen molar-refractivity contribution in [2.75, 3.05) is 26.2 Å². The van der Waals surface area contributed by atoms with Gasteiger partial charge in [0.1, 0.15) is 5.37 Å². The van der Waals surface area contributed by atoms with Crippen LogP contribution in [0.3, 0.4) is 0 Å². The highest BCUT2D eigenvalue weighted by Crippen LogP contribution is 2.45. The molecule has 1 fully saturated rings. The number of amides is 1. The number of benzene rings is 1. The molecular formula is C17H25N3O3S. The number of nitro benzene ring substituents is 1. The molecule has 24 heavy (non-hydrogen) atoms. The fourth-order valence-electron chi connectivity index (χ4n) is 3.01. The number of hydrogen-bond acceptors (Lipinski definition) is 5. The minimum Gasteiger partial charge on any atom is -0.325 e. The Bertz CT molecular complexity index is 592. The van der Waals surface area contributed by atoms with Crippen LogP contribution >= 0.6 is 11.8 Å². The average Bonchev–Trinajstić information content (AvgIpc) is 2.86. The maximum Gasteiger partial charge on any atom is 0.275 e. The summed E-state index contributed by atoms with van der Waals surface area (Å²) >= 11 is 1.50. The van der Waals surface area contributed by atoms with Crippen LogP contribution in [0, 0.1) is 10.1 Å². The van der Waals surface area contributed by atoms with E-state index in [0.29, 0.717) is 12.1 Å². The van der Waals surface area contributed by atoms with Crippen LogP contribution in [0.4, 0.5) is 5.69 Å². The lowest BCUT2D eigenvalue weighted by atomic mass is 10.1. The third-order valence-electron chi connectivity index (χ3n) is 4.41. The molecule has 0 unspecified atom stereocenters. The third-order valence-corrected chi connectivity index (χ3v) is 5.79. The van der Waals surface area contributed by atoms with E-state index in [2.05, 4.69) is 18.7 Å². The zero-order valence-corrected chi connectivity index (χ0v) is 15.3. The van der Waals surface area contributed by atoms with Gasteiger partial charge in [-0.25, -0.2) is 0 Å². The maximum atomic E-state index is 12.5. The quantitative estimate of drug-likeness (QED) is 0.531. The van der Waals surface area contributed by atoms with E-state index in [4.69, 9.17) is 0 Å². The molecule has 1 aromatic carbocycles. The molecule has 0 bridgehead atoms. The second-order valence-electron chi connectivity index (χ2n) is 5.86. The minimum atomic E-state index is -0.364. The van der Waals surface area contributed by atoms with Gasteiger partial charge in [0.05, 0.1) is 15.7 Å². The van der Waals surface area contributed by atoms with E-state index in [1.807, 2.05) is 6.92 Å². The second kappa shape index (κ2) is 8.48. The topological polar surface area (TPSA) is 66.7 Å². The summed E-state index contributed by atoms with van der Waals surface area (Å²) in [5, 5.41) is 10.9. The molecule has 1 saturated heterocycles. The van der Waals surface area contributed by atoms with Crippen LogP contribution < -0.4 is 0 Å². The van der Waals surface area contributed by atoms with Gasteiger partial charge < -0.3 is 9.80 Å². The molecule has 1 heterocycles. The van der Waals surface area contributed by atoms with Crippen LogP contribution in [-0.4, -0.2) is 52.1 Å². The molecule has 2 atom stereocenters. The van der Waals surface area contributed by atoms with E-state index < -0.39 is 0 Å². The molecular weight excluding hydrogens is 326 g/mol. The van der Waals surface area contributed by atoms with Gasteiger partial charge in [-0.15, -0.1) is 11.8 Å². The SMILES string of the molecule is CCN(CC)CCCN1C(=O)[C@H](C)S[C@H]1c1ccccc1[N+](=O)[O-]. The third kappa shape index (κ3) is 4.08. The number of nitro groups is 1. The highest BCUT2D eigenvalue weighted by atomic mass is 32.2. The lowest BCUT2D eigenvalue weighted by Crippen LogP contribution is -2.34. The number of para-hydroxylation sites is 1. The van der Waals surface area contributed by atoms with Crippen molar-refractivity contribution in [3.8, 4) is 0 Å². The van der Waals surface area contributed by atoms with Gasteiger partial charge in [0.2, 0.25) is 5.91 Å². The first-order chi connectivity index (χ1) is 11.5. The number of nitrogens with zero attached hydrogens (tertiary/aromatic N) is 3. The molecule has 2 rings (SSSR count). The van der Waals surface area contributed by atoms with Crippen LogP contribution in [0.2, 0.25) is 0 Å². The van der Waals surface area contributed by atoms with Gasteiger partial charge in [-0.1, -0.05) is 26.0 Å². The van der Waals surface area contributed by atoms with Crippen molar-refractivity contribution in [3.05, 3.63) is 39.9 Å². The Morgan fingerprint density at radius 2 is 1.96 bits per heavy atom. The van der Waals surface area contributed by atoms with E-state index in [1.165, 1.54) is 17.8 Å². The first kappa shape index (κ1) is 18.7. The minimum absolute atomic E-state index is 0.0719. The number of carbonyl (C=O) groups is 1. The number of thioether (sulfide) groups is 1. The molecule has 0 N–H and O–H groups in total. The summed E-state index contributed by atoms with van der Waals surface area (Å²) in [6.45, 7) is 9.66. The highest BCUT2D eigenvalue weighted by Gasteiger charge is 2.40. The van der Waals surface area contributed by atoms with Crippen molar-refractivity contribution in [2.24, 2.45) is 0 Å². The normalized spacial score (nSPS) is 20.8. The Morgan fingerprint density at radius 1 is 1.29 bits per heavy atom. The van der Waals surface area contributed by atoms with Crippen molar-refractivity contribution in [1.29, 1.82) is 0 Å². The van der Waals surface area contributed by atoms with E-state index in [9.17, 15) is 14.9 Å². The molecule has 1 amide bonds. The van der Waals surface area contributed by atoms with Crippen LogP contribution in [0.1, 0.15) is 38.1 Å². The molecule has 0 saturated carbocycles. The predicted molar refractivity (Wildman–Crippen MR) is 97.0 cm³/mol. The van der Waals surface area contributed by atoms with Gasteiger partial charge in [-0.2, -0.15) is 0 Å². The van der Waals surface area contributed by atoms with E-state index in [-0.39, 0.29) is 27.1 Å². The lowest BCUT2D eigenvalue weighted by molar-refractivity contribution is -0.385. The Hall–Kier alpha value is -1.60. The second-order valence-corrected chi connectivity index (χ2v) is 7.28. The van der Waals surface area contributed by atoms with Crippen LogP contribution in [0.25, 0.3) is 0 Å². The van der Waals surface area contributed by atoms with Gasteiger partial charge in [-0.05, 0) is 39.0 Å². The standard InChI is InChI=1S/C17H25N3O3S/c1-4-18(5-2)11-8-12-19-16(21)13(3)24-17(19)14-9-6-7-10-15(14)20(22)23/h6-7,9-10,13,17H,4-5,8,11-12H2,1-3H3/t13-,17-/m0/s1. The van der Waals surface area contributed by atoms with Gasteiger partial charge in [0.25, 0.3) is 5.69 Å². The maximum absolute atomic E-state index is 12.5. The monoisotopic (exact) mass is 351 g/mol.